The predicted molar refractivity (Wildman–Crippen MR) is 54.1 cm³/mol. The monoisotopic (exact) mass is 208 g/mol. The summed E-state index contributed by atoms with van der Waals surface area (Å²) in [5.74, 6) is 0.557. The predicted octanol–water partition coefficient (Wildman–Crippen LogP) is 2.18. The zero-order valence-electron chi connectivity index (χ0n) is 8.75. The molecule has 0 saturated carbocycles. The summed E-state index contributed by atoms with van der Waals surface area (Å²) in [5.41, 5.74) is 0. The lowest BCUT2D eigenvalue weighted by molar-refractivity contribution is 0.283. The lowest BCUT2D eigenvalue weighted by Gasteiger charge is -2.09. The molecule has 4 heteroatoms. The van der Waals surface area contributed by atoms with Crippen LogP contribution in [-0.4, -0.2) is 21.3 Å². The molecule has 0 aromatic carbocycles. The Morgan fingerprint density at radius 3 is 2.38 bits per heavy atom. The van der Waals surface area contributed by atoms with Crippen LogP contribution >= 0.6 is 0 Å². The van der Waals surface area contributed by atoms with Gasteiger partial charge in [-0.05, 0) is 12.3 Å². The zero-order chi connectivity index (χ0) is 10.3. The molecule has 3 nitrogen and oxygen atoms in total. The SMILES string of the molecule is CCCC[C@@H](C)CCOS(C)(=O)=O. The number of rotatable bonds is 7. The van der Waals surface area contributed by atoms with E-state index in [1.165, 1.54) is 12.8 Å². The highest BCUT2D eigenvalue weighted by Crippen LogP contribution is 2.11. The Hall–Kier alpha value is -0.0900. The Kier molecular flexibility index (Phi) is 6.33. The molecular weight excluding hydrogens is 188 g/mol. The quantitative estimate of drug-likeness (QED) is 0.602. The van der Waals surface area contributed by atoms with Crippen LogP contribution in [-0.2, 0) is 14.3 Å². The van der Waals surface area contributed by atoms with Crippen molar-refractivity contribution in [1.29, 1.82) is 0 Å². The molecule has 0 bridgehead atoms. The summed E-state index contributed by atoms with van der Waals surface area (Å²) < 4.78 is 25.9. The molecule has 1 atom stereocenters. The summed E-state index contributed by atoms with van der Waals surface area (Å²) >= 11 is 0. The van der Waals surface area contributed by atoms with Crippen molar-refractivity contribution in [3.8, 4) is 0 Å². The number of hydrogen-bond acceptors (Lipinski definition) is 3. The Morgan fingerprint density at radius 2 is 1.92 bits per heavy atom. The van der Waals surface area contributed by atoms with Gasteiger partial charge in [-0.25, -0.2) is 0 Å². The van der Waals surface area contributed by atoms with Crippen molar-refractivity contribution >= 4 is 10.1 Å². The molecule has 80 valence electrons. The normalized spacial score (nSPS) is 14.4. The van der Waals surface area contributed by atoms with Gasteiger partial charge in [-0.1, -0.05) is 33.1 Å². The molecule has 0 heterocycles. The summed E-state index contributed by atoms with van der Waals surface area (Å²) in [6.45, 7) is 4.60. The van der Waals surface area contributed by atoms with Crippen LogP contribution in [0.25, 0.3) is 0 Å². The highest BCUT2D eigenvalue weighted by molar-refractivity contribution is 7.85. The van der Waals surface area contributed by atoms with Gasteiger partial charge in [-0.15, -0.1) is 0 Å². The van der Waals surface area contributed by atoms with Crippen LogP contribution in [0.15, 0.2) is 0 Å². The van der Waals surface area contributed by atoms with Gasteiger partial charge < -0.3 is 0 Å². The van der Waals surface area contributed by atoms with Gasteiger partial charge in [-0.2, -0.15) is 8.42 Å². The van der Waals surface area contributed by atoms with E-state index < -0.39 is 10.1 Å². The van der Waals surface area contributed by atoms with Crippen molar-refractivity contribution in [3.05, 3.63) is 0 Å². The standard InChI is InChI=1S/C9H20O3S/c1-4-5-6-9(2)7-8-12-13(3,10)11/h9H,4-8H2,1-3H3/t9-/m1/s1. The second-order valence-corrected chi connectivity index (χ2v) is 5.21. The van der Waals surface area contributed by atoms with Crippen LogP contribution in [0, 0.1) is 5.92 Å². The Labute approximate surface area is 81.6 Å². The number of hydrogen-bond donors (Lipinski definition) is 0. The maximum atomic E-state index is 10.6. The third-order valence-electron chi connectivity index (χ3n) is 1.96. The molecular formula is C9H20O3S. The van der Waals surface area contributed by atoms with Crippen molar-refractivity contribution in [1.82, 2.24) is 0 Å². The van der Waals surface area contributed by atoms with E-state index in [1.54, 1.807) is 0 Å². The van der Waals surface area contributed by atoms with Crippen molar-refractivity contribution in [2.45, 2.75) is 39.5 Å². The topological polar surface area (TPSA) is 43.4 Å². The van der Waals surface area contributed by atoms with Crippen molar-refractivity contribution in [2.24, 2.45) is 5.92 Å². The first kappa shape index (κ1) is 12.9. The van der Waals surface area contributed by atoms with Crippen LogP contribution in [0.3, 0.4) is 0 Å². The highest BCUT2D eigenvalue weighted by Gasteiger charge is 2.05. The molecule has 0 unspecified atom stereocenters. The zero-order valence-corrected chi connectivity index (χ0v) is 9.56. The molecule has 0 aromatic rings. The molecule has 0 aliphatic rings. The first-order chi connectivity index (χ1) is 5.95. The molecule has 0 aliphatic heterocycles. The van der Waals surface area contributed by atoms with E-state index in [4.69, 9.17) is 0 Å². The molecule has 0 aliphatic carbocycles. The van der Waals surface area contributed by atoms with Crippen LogP contribution in [0.1, 0.15) is 39.5 Å². The maximum absolute atomic E-state index is 10.6. The minimum absolute atomic E-state index is 0.323. The van der Waals surface area contributed by atoms with Gasteiger partial charge in [0, 0.05) is 0 Å². The van der Waals surface area contributed by atoms with Crippen LogP contribution < -0.4 is 0 Å². The van der Waals surface area contributed by atoms with E-state index in [-0.39, 0.29) is 0 Å². The highest BCUT2D eigenvalue weighted by atomic mass is 32.2. The maximum Gasteiger partial charge on any atom is 0.264 e. The van der Waals surface area contributed by atoms with E-state index in [9.17, 15) is 8.42 Å². The largest absolute Gasteiger partial charge is 0.270 e. The van der Waals surface area contributed by atoms with E-state index in [0.29, 0.717) is 12.5 Å². The van der Waals surface area contributed by atoms with Crippen LogP contribution in [0.4, 0.5) is 0 Å². The molecule has 0 spiro atoms. The molecule has 0 rings (SSSR count). The molecule has 0 radical (unpaired) electrons. The Bertz CT molecular complexity index is 209. The van der Waals surface area contributed by atoms with Gasteiger partial charge in [0.05, 0.1) is 12.9 Å². The van der Waals surface area contributed by atoms with Crippen molar-refractivity contribution in [3.63, 3.8) is 0 Å². The van der Waals surface area contributed by atoms with Gasteiger partial charge in [0.25, 0.3) is 10.1 Å². The van der Waals surface area contributed by atoms with Crippen LogP contribution in [0.2, 0.25) is 0 Å². The molecule has 0 amide bonds. The van der Waals surface area contributed by atoms with Gasteiger partial charge >= 0.3 is 0 Å². The van der Waals surface area contributed by atoms with Crippen molar-refractivity contribution < 1.29 is 12.6 Å². The fraction of sp³-hybridized carbons (Fsp3) is 1.00. The third kappa shape index (κ3) is 9.83. The summed E-state index contributed by atoms with van der Waals surface area (Å²) in [5, 5.41) is 0. The third-order valence-corrected chi connectivity index (χ3v) is 2.55. The van der Waals surface area contributed by atoms with E-state index in [2.05, 4.69) is 18.0 Å². The van der Waals surface area contributed by atoms with Gasteiger partial charge in [0.1, 0.15) is 0 Å². The van der Waals surface area contributed by atoms with E-state index in [0.717, 1.165) is 19.1 Å². The summed E-state index contributed by atoms with van der Waals surface area (Å²) in [6.07, 6.45) is 5.47. The summed E-state index contributed by atoms with van der Waals surface area (Å²) in [6, 6.07) is 0. The lowest BCUT2D eigenvalue weighted by atomic mass is 10.0. The molecule has 0 saturated heterocycles. The first-order valence-electron chi connectivity index (χ1n) is 4.80. The minimum Gasteiger partial charge on any atom is -0.270 e. The van der Waals surface area contributed by atoms with Gasteiger partial charge in [-0.3, -0.25) is 4.18 Å². The lowest BCUT2D eigenvalue weighted by Crippen LogP contribution is -2.07. The van der Waals surface area contributed by atoms with E-state index >= 15 is 0 Å². The summed E-state index contributed by atoms with van der Waals surface area (Å²) in [7, 11) is -3.24. The second-order valence-electron chi connectivity index (χ2n) is 3.56. The van der Waals surface area contributed by atoms with Gasteiger partial charge in [0.2, 0.25) is 0 Å². The van der Waals surface area contributed by atoms with Crippen molar-refractivity contribution in [2.75, 3.05) is 12.9 Å². The Morgan fingerprint density at radius 1 is 1.31 bits per heavy atom. The smallest absolute Gasteiger partial charge is 0.264 e. The minimum atomic E-state index is -3.24. The first-order valence-corrected chi connectivity index (χ1v) is 6.61. The molecule has 0 aromatic heterocycles. The summed E-state index contributed by atoms with van der Waals surface area (Å²) in [4.78, 5) is 0. The fourth-order valence-electron chi connectivity index (χ4n) is 1.10. The number of unbranched alkanes of at least 4 members (excludes halogenated alkanes) is 1. The molecule has 0 fully saturated rings. The molecule has 0 N–H and O–H groups in total. The average molecular weight is 208 g/mol. The second kappa shape index (κ2) is 6.38. The van der Waals surface area contributed by atoms with Crippen LogP contribution in [0.5, 0.6) is 0 Å². The fourth-order valence-corrected chi connectivity index (χ4v) is 1.50. The Balaban J connectivity index is 3.42. The van der Waals surface area contributed by atoms with Gasteiger partial charge in [0.15, 0.2) is 0 Å². The van der Waals surface area contributed by atoms with E-state index in [1.807, 2.05) is 0 Å². The average Bonchev–Trinajstić information content (AvgIpc) is 1.98. The molecule has 13 heavy (non-hydrogen) atoms.